The number of aliphatic imine (C=N–C) groups is 1. The minimum atomic E-state index is -1.82. The highest BCUT2D eigenvalue weighted by atomic mass is 16.5. The number of ether oxygens (including phenoxy) is 1. The summed E-state index contributed by atoms with van der Waals surface area (Å²) in [5.41, 5.74) is 10.8. The summed E-state index contributed by atoms with van der Waals surface area (Å²) in [4.78, 5) is 170. The number of primary amides is 1. The summed E-state index contributed by atoms with van der Waals surface area (Å²) in [5.74, 6) is -13.2. The molecule has 2 aliphatic rings. The van der Waals surface area contributed by atoms with Crippen molar-refractivity contribution in [1.29, 1.82) is 0 Å². The van der Waals surface area contributed by atoms with Gasteiger partial charge in [-0.15, -0.1) is 0 Å². The lowest BCUT2D eigenvalue weighted by Gasteiger charge is -2.31. The van der Waals surface area contributed by atoms with Crippen molar-refractivity contribution >= 4 is 76.9 Å². The molecule has 1 aromatic carbocycles. The van der Waals surface area contributed by atoms with Crippen LogP contribution in [-0.2, 0) is 68.7 Å². The van der Waals surface area contributed by atoms with Crippen molar-refractivity contribution in [3.63, 3.8) is 0 Å². The maximum Gasteiger partial charge on any atom is 0.329 e. The first-order valence-electron chi connectivity index (χ1n) is 31.4. The molecule has 30 heteroatoms. The number of likely N-dealkylation sites (N-methyl/N-ethyl adjacent to an activating group) is 1. The molecule has 11 amide bonds. The molecule has 1 saturated carbocycles. The second kappa shape index (κ2) is 37.4. The molecule has 1 heterocycles. The molecule has 17 atom stereocenters. The molecule has 1 aromatic rings. The molecule has 510 valence electrons. The Bertz CT molecular complexity index is 2710. The van der Waals surface area contributed by atoms with Crippen molar-refractivity contribution in [3.05, 3.63) is 35.9 Å². The second-order valence-corrected chi connectivity index (χ2v) is 23.9. The summed E-state index contributed by atoms with van der Waals surface area (Å²) in [6.45, 7) is 14.5. The van der Waals surface area contributed by atoms with Gasteiger partial charge in [0.05, 0.1) is 19.3 Å². The van der Waals surface area contributed by atoms with E-state index in [9.17, 15) is 67.7 Å². The largest absolute Gasteiger partial charge is 0.458 e. The second-order valence-electron chi connectivity index (χ2n) is 23.9. The quantitative estimate of drug-likeness (QED) is 0.0183. The topological polar surface area (TPSA) is 463 Å². The van der Waals surface area contributed by atoms with E-state index < -0.39 is 199 Å². The predicted molar refractivity (Wildman–Crippen MR) is 336 cm³/mol. The number of nitrogens with two attached hydrogens (primary N) is 2. The minimum absolute atomic E-state index is 0.165. The van der Waals surface area contributed by atoms with E-state index in [1.54, 1.807) is 62.4 Å². The van der Waals surface area contributed by atoms with Crippen LogP contribution in [0.3, 0.4) is 0 Å². The van der Waals surface area contributed by atoms with Crippen molar-refractivity contribution in [2.75, 3.05) is 33.9 Å². The Hall–Kier alpha value is -7.99. The third-order valence-corrected chi connectivity index (χ3v) is 17.3. The molecule has 0 bridgehead atoms. The summed E-state index contributed by atoms with van der Waals surface area (Å²) in [7, 11) is 3.11. The molecule has 0 aromatic heterocycles. The zero-order chi connectivity index (χ0) is 68.4. The number of amides is 11. The zero-order valence-corrected chi connectivity index (χ0v) is 54.6. The van der Waals surface area contributed by atoms with E-state index in [1.165, 1.54) is 20.9 Å². The van der Waals surface area contributed by atoms with Crippen molar-refractivity contribution < 1.29 is 72.5 Å². The smallest absolute Gasteiger partial charge is 0.329 e. The number of carbonyl (C=O) groups excluding carboxylic acids is 12. The highest BCUT2D eigenvalue weighted by Gasteiger charge is 2.61. The van der Waals surface area contributed by atoms with Gasteiger partial charge < -0.3 is 90.2 Å². The monoisotopic (exact) mass is 1280 g/mol. The predicted octanol–water partition coefficient (Wildman–Crippen LogP) is -3.23. The first-order chi connectivity index (χ1) is 43.0. The van der Waals surface area contributed by atoms with E-state index in [2.05, 4.69) is 68.8 Å². The Balaban J connectivity index is 1.84. The summed E-state index contributed by atoms with van der Waals surface area (Å²) < 4.78 is 5.78. The van der Waals surface area contributed by atoms with Crippen LogP contribution < -0.4 is 75.3 Å². The summed E-state index contributed by atoms with van der Waals surface area (Å²) in [6.07, 6.45) is 0.498. The number of esters is 1. The number of nitrogens with zero attached hydrogens (tertiary/aromatic N) is 1. The van der Waals surface area contributed by atoms with Crippen LogP contribution in [0.25, 0.3) is 0 Å². The number of benzene rings is 1. The molecule has 1 saturated heterocycles. The Morgan fingerprint density at radius 3 is 1.65 bits per heavy atom. The fraction of sp³-hybridized carbons (Fsp3) is 0.689. The standard InChI is InChI=1S/C61H101N15O15/c1-13-31(5)44(71-50(81)39(64-11)23-22-37-20-18-17-19-21-37)54(85)69-41(29-77)52(83)68-40(24-25-43(62)79)51(82)72-46(33(7)15-3)56(87)73-45(32(6)14-2)55(86)70-42(30-78)53(84)74-48-36(10)91-58(89)47(34(8)16-4)75-59(90)61(76-49(80)35(9)67-57(48)88)28-38(61)26-27-66-60(63)65-12/h17-21,31-36,38-42,44-48,64,77-78H,13-16,22-30H2,1-12H3,(H2,62,79)(H,67,88)(H,68,83)(H,69,85)(H,70,86)(H,71,81)(H,72,82)(H,73,87)(H,74,84)(H,75,90)(H,76,80)(H3,63,65,66)/t31-,32-,33-,34-,35-,36-,38?,39+,40+,41-,42-,44-,45-,46+,47-,48+,61?/m0/s1. The maximum absolute atomic E-state index is 14.4. The number of hydrogen-bond donors (Lipinski definition) is 16. The highest BCUT2D eigenvalue weighted by Crippen LogP contribution is 2.46. The SMILES string of the molecule is CC[C@H](C)[C@H](NC(=O)[C@@H](CCc1ccccc1)NC)C(=O)N[C@@H](CO)C(=O)N[C@H](CCC(N)=O)C(=O)N[C@@H](C(=O)N[C@H](C(=O)N[C@@H](CO)C(=O)N[C@H]1C(=O)N[C@@H](C)C(=O)NC2(CC2CCN/C(N)=N\C)C(=O)N[C@@H]([C@@H](C)CC)C(=O)O[C@H]1C)[C@@H](C)CC)[C@@H](C)CC. The number of hydrogen-bond acceptors (Lipinski definition) is 17. The van der Waals surface area contributed by atoms with Crippen LogP contribution in [0, 0.1) is 29.6 Å². The van der Waals surface area contributed by atoms with Gasteiger partial charge in [0, 0.05) is 20.0 Å². The Morgan fingerprint density at radius 1 is 0.659 bits per heavy atom. The van der Waals surface area contributed by atoms with E-state index in [-0.39, 0.29) is 25.2 Å². The third-order valence-electron chi connectivity index (χ3n) is 17.3. The lowest BCUT2D eigenvalue weighted by atomic mass is 9.94. The number of cyclic esters (lactones) is 1. The van der Waals surface area contributed by atoms with Gasteiger partial charge in [-0.25, -0.2) is 4.79 Å². The van der Waals surface area contributed by atoms with Gasteiger partial charge in [-0.3, -0.25) is 57.7 Å². The van der Waals surface area contributed by atoms with Crippen LogP contribution in [0.4, 0.5) is 0 Å². The van der Waals surface area contributed by atoms with Gasteiger partial charge in [-0.05, 0) is 88.2 Å². The van der Waals surface area contributed by atoms with Crippen LogP contribution in [-0.4, -0.2) is 193 Å². The number of guanidine groups is 1. The number of aliphatic hydroxyl groups is 2. The Morgan fingerprint density at radius 2 is 1.15 bits per heavy atom. The molecule has 91 heavy (non-hydrogen) atoms. The Kier molecular flexibility index (Phi) is 31.7. The van der Waals surface area contributed by atoms with Gasteiger partial charge in [-0.1, -0.05) is 111 Å². The number of rotatable bonds is 34. The van der Waals surface area contributed by atoms with E-state index in [4.69, 9.17) is 16.2 Å². The normalized spacial score (nSPS) is 23.1. The van der Waals surface area contributed by atoms with Gasteiger partial charge in [0.2, 0.25) is 65.0 Å². The van der Waals surface area contributed by atoms with Crippen molar-refractivity contribution in [2.45, 2.75) is 206 Å². The number of aliphatic hydroxyl groups excluding tert-OH is 2. The van der Waals surface area contributed by atoms with Gasteiger partial charge in [0.1, 0.15) is 66.0 Å². The van der Waals surface area contributed by atoms with E-state index in [1.807, 2.05) is 30.3 Å². The fourth-order valence-corrected chi connectivity index (χ4v) is 10.2. The van der Waals surface area contributed by atoms with Crippen LogP contribution >= 0.6 is 0 Å². The lowest BCUT2D eigenvalue weighted by molar-refractivity contribution is -0.157. The van der Waals surface area contributed by atoms with Crippen LogP contribution in [0.1, 0.15) is 133 Å². The molecular weight excluding hydrogens is 1180 g/mol. The van der Waals surface area contributed by atoms with Crippen LogP contribution in [0.15, 0.2) is 35.3 Å². The van der Waals surface area contributed by atoms with Gasteiger partial charge in [0.25, 0.3) is 0 Å². The highest BCUT2D eigenvalue weighted by molar-refractivity contribution is 6.01. The molecule has 1 aliphatic carbocycles. The van der Waals surface area contributed by atoms with E-state index >= 15 is 0 Å². The minimum Gasteiger partial charge on any atom is -0.458 e. The maximum atomic E-state index is 14.4. The average Bonchev–Trinajstić information content (AvgIpc) is 1.67. The van der Waals surface area contributed by atoms with Crippen LogP contribution in [0.2, 0.25) is 0 Å². The molecule has 2 fully saturated rings. The lowest BCUT2D eigenvalue weighted by Crippen LogP contribution is -2.63. The molecule has 3 rings (SSSR count). The molecule has 0 radical (unpaired) electrons. The number of carbonyl (C=O) groups is 12. The summed E-state index contributed by atoms with van der Waals surface area (Å²) in [6, 6.07) is -4.73. The summed E-state index contributed by atoms with van der Waals surface area (Å²) in [5, 5.41) is 52.7. The van der Waals surface area contributed by atoms with Crippen LogP contribution in [0.5, 0.6) is 0 Å². The third kappa shape index (κ3) is 22.7. The molecule has 30 nitrogen and oxygen atoms in total. The van der Waals surface area contributed by atoms with Gasteiger partial charge in [0.15, 0.2) is 5.96 Å². The summed E-state index contributed by atoms with van der Waals surface area (Å²) >= 11 is 0. The van der Waals surface area contributed by atoms with Gasteiger partial charge >= 0.3 is 5.97 Å². The molecule has 1 aliphatic heterocycles. The molecule has 2 unspecified atom stereocenters. The fourth-order valence-electron chi connectivity index (χ4n) is 10.2. The van der Waals surface area contributed by atoms with E-state index in [0.717, 1.165) is 5.56 Å². The average molecular weight is 1280 g/mol. The van der Waals surface area contributed by atoms with E-state index in [0.29, 0.717) is 38.6 Å². The zero-order valence-electron chi connectivity index (χ0n) is 54.6. The number of nitrogens with one attached hydrogen (secondary N) is 12. The number of aryl methyl sites for hydroxylation is 1. The molecule has 18 N–H and O–H groups in total. The van der Waals surface area contributed by atoms with Crippen molar-refractivity contribution in [2.24, 2.45) is 46.0 Å². The molecular formula is C61H101N15O15. The van der Waals surface area contributed by atoms with Crippen molar-refractivity contribution in [3.8, 4) is 0 Å². The van der Waals surface area contributed by atoms with Crippen molar-refractivity contribution in [1.82, 2.24) is 63.8 Å². The first-order valence-corrected chi connectivity index (χ1v) is 31.4. The Labute approximate surface area is 532 Å². The first kappa shape index (κ1) is 77.3. The van der Waals surface area contributed by atoms with Gasteiger partial charge in [-0.2, -0.15) is 0 Å². The molecule has 1 spiro atoms.